The lowest BCUT2D eigenvalue weighted by Gasteiger charge is -2.05. The van der Waals surface area contributed by atoms with Gasteiger partial charge in [0, 0.05) is 0 Å². The van der Waals surface area contributed by atoms with Crippen molar-refractivity contribution in [1.82, 2.24) is 10.3 Å². The minimum atomic E-state index is -0.374. The van der Waals surface area contributed by atoms with Crippen molar-refractivity contribution in [3.05, 3.63) is 64.0 Å². The Labute approximate surface area is 151 Å². The normalized spacial score (nSPS) is 15.8. The van der Waals surface area contributed by atoms with E-state index in [0.717, 1.165) is 33.3 Å². The van der Waals surface area contributed by atoms with Gasteiger partial charge >= 0.3 is 0 Å². The first-order valence-corrected chi connectivity index (χ1v) is 9.13. The Kier molecular flexibility index (Phi) is 4.25. The summed E-state index contributed by atoms with van der Waals surface area (Å²) in [4.78, 5) is 27.7. The predicted molar refractivity (Wildman–Crippen MR) is 99.5 cm³/mol. The molecule has 1 fully saturated rings. The number of thiazole rings is 1. The number of nitrogens with zero attached hydrogens (tertiary/aromatic N) is 1. The number of hydrogen-bond donors (Lipinski definition) is 1. The number of amides is 2. The molecule has 0 spiro atoms. The number of ether oxygens (including phenoxy) is 1. The second-order valence-corrected chi connectivity index (χ2v) is 7.39. The van der Waals surface area contributed by atoms with Crippen LogP contribution in [0.3, 0.4) is 0 Å². The Morgan fingerprint density at radius 2 is 1.96 bits per heavy atom. The molecule has 7 heteroatoms. The van der Waals surface area contributed by atoms with Crippen molar-refractivity contribution in [3.63, 3.8) is 0 Å². The van der Waals surface area contributed by atoms with Crippen LogP contribution in [0.25, 0.3) is 16.3 Å². The number of rotatable bonds is 4. The molecule has 0 saturated carbocycles. The quantitative estimate of drug-likeness (QED) is 0.699. The molecular formula is C18H12N2O3S2. The molecule has 2 heterocycles. The monoisotopic (exact) mass is 368 g/mol. The summed E-state index contributed by atoms with van der Waals surface area (Å²) in [6.45, 7) is 0.501. The van der Waals surface area contributed by atoms with Crippen molar-refractivity contribution in [2.75, 3.05) is 0 Å². The van der Waals surface area contributed by atoms with E-state index >= 15 is 0 Å². The maximum absolute atomic E-state index is 11.6. The predicted octanol–water partition coefficient (Wildman–Crippen LogP) is 4.20. The van der Waals surface area contributed by atoms with E-state index in [1.807, 2.05) is 48.5 Å². The minimum Gasteiger partial charge on any atom is -0.489 e. The van der Waals surface area contributed by atoms with Crippen molar-refractivity contribution < 1.29 is 14.3 Å². The summed E-state index contributed by atoms with van der Waals surface area (Å²) in [7, 11) is 0. The van der Waals surface area contributed by atoms with E-state index < -0.39 is 0 Å². The maximum atomic E-state index is 11.6. The zero-order chi connectivity index (χ0) is 17.2. The lowest BCUT2D eigenvalue weighted by molar-refractivity contribution is -0.115. The number of carbonyl (C=O) groups is 2. The van der Waals surface area contributed by atoms with Gasteiger partial charge in [0.1, 0.15) is 17.4 Å². The maximum Gasteiger partial charge on any atom is 0.290 e. The van der Waals surface area contributed by atoms with Crippen molar-refractivity contribution in [1.29, 1.82) is 0 Å². The van der Waals surface area contributed by atoms with Gasteiger partial charge in [0.25, 0.3) is 11.1 Å². The third-order valence-electron chi connectivity index (χ3n) is 3.52. The van der Waals surface area contributed by atoms with Gasteiger partial charge in [-0.2, -0.15) is 0 Å². The van der Waals surface area contributed by atoms with Crippen LogP contribution in [0.15, 0.2) is 53.4 Å². The number of benzene rings is 2. The fourth-order valence-electron chi connectivity index (χ4n) is 2.35. The molecule has 1 N–H and O–H groups in total. The molecule has 0 unspecified atom stereocenters. The zero-order valence-electron chi connectivity index (χ0n) is 12.9. The molecule has 5 nitrogen and oxygen atoms in total. The summed E-state index contributed by atoms with van der Waals surface area (Å²) in [5.74, 6) is 0.392. The highest BCUT2D eigenvalue weighted by Crippen LogP contribution is 2.31. The van der Waals surface area contributed by atoms with Crippen LogP contribution in [0, 0.1) is 0 Å². The van der Waals surface area contributed by atoms with Crippen LogP contribution in [-0.2, 0) is 11.4 Å². The molecule has 2 aromatic carbocycles. The molecule has 25 heavy (non-hydrogen) atoms. The van der Waals surface area contributed by atoms with E-state index in [2.05, 4.69) is 10.3 Å². The zero-order valence-corrected chi connectivity index (χ0v) is 14.5. The summed E-state index contributed by atoms with van der Waals surface area (Å²) in [5.41, 5.74) is 1.94. The molecule has 124 valence electrons. The van der Waals surface area contributed by atoms with Crippen LogP contribution in [0.4, 0.5) is 4.79 Å². The van der Waals surface area contributed by atoms with E-state index in [1.54, 1.807) is 6.08 Å². The van der Waals surface area contributed by atoms with Gasteiger partial charge in [-0.15, -0.1) is 11.3 Å². The molecule has 1 aliphatic heterocycles. The van der Waals surface area contributed by atoms with Gasteiger partial charge in [0.05, 0.1) is 15.1 Å². The van der Waals surface area contributed by atoms with Gasteiger partial charge in [-0.1, -0.05) is 30.3 Å². The largest absolute Gasteiger partial charge is 0.489 e. The topological polar surface area (TPSA) is 68.3 Å². The Morgan fingerprint density at radius 3 is 2.72 bits per heavy atom. The fourth-order valence-corrected chi connectivity index (χ4v) is 4.02. The van der Waals surface area contributed by atoms with E-state index in [-0.39, 0.29) is 11.1 Å². The second kappa shape index (κ2) is 6.70. The fraction of sp³-hybridized carbons (Fsp3) is 0.0556. The Balaban J connectivity index is 1.54. The lowest BCUT2D eigenvalue weighted by atomic mass is 10.2. The molecule has 2 amide bonds. The molecular weight excluding hydrogens is 356 g/mol. The van der Waals surface area contributed by atoms with Gasteiger partial charge < -0.3 is 4.74 Å². The molecule has 1 aromatic heterocycles. The van der Waals surface area contributed by atoms with Gasteiger partial charge in [-0.05, 0) is 41.6 Å². The summed E-state index contributed by atoms with van der Waals surface area (Å²) in [6, 6.07) is 15.7. The summed E-state index contributed by atoms with van der Waals surface area (Å²) in [6.07, 6.45) is 1.64. The van der Waals surface area contributed by atoms with Crippen LogP contribution >= 0.6 is 23.1 Å². The van der Waals surface area contributed by atoms with Crippen LogP contribution in [0.1, 0.15) is 10.6 Å². The molecule has 0 atom stereocenters. The number of nitrogens with one attached hydrogen (secondary N) is 1. The molecule has 0 bridgehead atoms. The molecule has 0 radical (unpaired) electrons. The molecule has 0 aliphatic carbocycles. The van der Waals surface area contributed by atoms with Gasteiger partial charge in [0.15, 0.2) is 0 Å². The average Bonchev–Trinajstić information content (AvgIpc) is 3.15. The molecule has 3 aromatic rings. The standard InChI is InChI=1S/C18H12N2O3S2/c21-17-15(25-18(22)20-17)9-16-19-13-7-6-12(8-14(13)24-16)23-10-11-4-2-1-3-5-11/h1-9H,10H2,(H,20,21,22). The van der Waals surface area contributed by atoms with Crippen molar-refractivity contribution in [2.45, 2.75) is 6.61 Å². The van der Waals surface area contributed by atoms with Crippen LogP contribution in [0.5, 0.6) is 5.75 Å². The summed E-state index contributed by atoms with van der Waals surface area (Å²) in [5, 5.41) is 2.57. The number of thioether (sulfide) groups is 1. The first kappa shape index (κ1) is 15.9. The lowest BCUT2D eigenvalue weighted by Crippen LogP contribution is -2.17. The highest BCUT2D eigenvalue weighted by molar-refractivity contribution is 8.18. The highest BCUT2D eigenvalue weighted by atomic mass is 32.2. The Bertz CT molecular complexity index is 996. The van der Waals surface area contributed by atoms with E-state index in [9.17, 15) is 9.59 Å². The van der Waals surface area contributed by atoms with Crippen LogP contribution < -0.4 is 10.1 Å². The summed E-state index contributed by atoms with van der Waals surface area (Å²) >= 11 is 2.34. The van der Waals surface area contributed by atoms with Crippen molar-refractivity contribution in [2.24, 2.45) is 0 Å². The number of imide groups is 1. The van der Waals surface area contributed by atoms with E-state index in [1.165, 1.54) is 11.3 Å². The number of hydrogen-bond acceptors (Lipinski definition) is 6. The number of carbonyl (C=O) groups excluding carboxylic acids is 2. The molecule has 1 saturated heterocycles. The number of aromatic nitrogens is 1. The Hall–Kier alpha value is -2.64. The minimum absolute atomic E-state index is 0.353. The smallest absolute Gasteiger partial charge is 0.290 e. The Morgan fingerprint density at radius 1 is 1.12 bits per heavy atom. The first-order chi connectivity index (χ1) is 12.2. The summed E-state index contributed by atoms with van der Waals surface area (Å²) < 4.78 is 6.79. The average molecular weight is 368 g/mol. The third-order valence-corrected chi connectivity index (χ3v) is 5.30. The molecule has 4 rings (SSSR count). The van der Waals surface area contributed by atoms with Crippen molar-refractivity contribution >= 4 is 50.5 Å². The van der Waals surface area contributed by atoms with Gasteiger partial charge in [0.2, 0.25) is 0 Å². The van der Waals surface area contributed by atoms with Crippen LogP contribution in [0.2, 0.25) is 0 Å². The highest BCUT2D eigenvalue weighted by Gasteiger charge is 2.25. The third kappa shape index (κ3) is 3.57. The SMILES string of the molecule is O=C1NC(=O)C(=Cc2nc3ccc(OCc4ccccc4)cc3s2)S1. The van der Waals surface area contributed by atoms with Gasteiger partial charge in [-0.25, -0.2) is 4.98 Å². The van der Waals surface area contributed by atoms with Crippen LogP contribution in [-0.4, -0.2) is 16.1 Å². The van der Waals surface area contributed by atoms with E-state index in [0.29, 0.717) is 16.5 Å². The first-order valence-electron chi connectivity index (χ1n) is 7.49. The van der Waals surface area contributed by atoms with E-state index in [4.69, 9.17) is 4.74 Å². The van der Waals surface area contributed by atoms with Gasteiger partial charge in [-0.3, -0.25) is 14.9 Å². The molecule has 1 aliphatic rings. The number of fused-ring (bicyclic) bond motifs is 1. The van der Waals surface area contributed by atoms with Crippen molar-refractivity contribution in [3.8, 4) is 5.75 Å². The second-order valence-electron chi connectivity index (χ2n) is 5.31.